The molecule has 2 bridgehead atoms. The van der Waals surface area contributed by atoms with Crippen molar-refractivity contribution in [2.24, 2.45) is 0 Å². The fourth-order valence-electron chi connectivity index (χ4n) is 5.09. The highest BCUT2D eigenvalue weighted by atomic mass is 19.1. The molecule has 1 amide bonds. The summed E-state index contributed by atoms with van der Waals surface area (Å²) in [5.41, 5.74) is -0.818. The number of halogens is 2. The minimum absolute atomic E-state index is 0.0259. The van der Waals surface area contributed by atoms with E-state index in [0.29, 0.717) is 13.1 Å². The van der Waals surface area contributed by atoms with E-state index in [-0.39, 0.29) is 23.3 Å². The number of anilines is 1. The van der Waals surface area contributed by atoms with Gasteiger partial charge in [-0.25, -0.2) is 13.6 Å². The molecule has 38 heavy (non-hydrogen) atoms. The van der Waals surface area contributed by atoms with Crippen molar-refractivity contribution in [3.8, 4) is 0 Å². The largest absolute Gasteiger partial charge is 0.466 e. The van der Waals surface area contributed by atoms with E-state index in [1.807, 2.05) is 44.2 Å². The van der Waals surface area contributed by atoms with Crippen LogP contribution in [0.25, 0.3) is 0 Å². The van der Waals surface area contributed by atoms with Gasteiger partial charge < -0.3 is 25.0 Å². The maximum atomic E-state index is 14.7. The summed E-state index contributed by atoms with van der Waals surface area (Å²) in [7, 11) is 1.23. The standard InChI is InChI=1S/C29H33F2N3O4/c1-4-34(5-2)17-16-32-27(35)24-22-14-15-29(38-22,25(24)28(36)37-3)23(18-19-10-7-6-8-11-19)33-26-20(30)12-9-13-21(26)31/h6-15,22-23,33H,4-5,16-18H2,1-3H3,(H,32,35). The van der Waals surface area contributed by atoms with Gasteiger partial charge in [0.2, 0.25) is 0 Å². The number of amides is 1. The molecule has 3 atom stereocenters. The molecule has 2 aliphatic rings. The highest BCUT2D eigenvalue weighted by Gasteiger charge is 2.58. The molecular weight excluding hydrogens is 492 g/mol. The Kier molecular flexibility index (Phi) is 8.58. The van der Waals surface area contributed by atoms with Crippen LogP contribution in [0.15, 0.2) is 71.8 Å². The fourth-order valence-corrected chi connectivity index (χ4v) is 5.09. The number of nitrogens with one attached hydrogen (secondary N) is 2. The Hall–Kier alpha value is -3.56. The van der Waals surface area contributed by atoms with Crippen LogP contribution in [0.1, 0.15) is 19.4 Å². The van der Waals surface area contributed by atoms with E-state index in [1.165, 1.54) is 13.2 Å². The molecule has 0 saturated carbocycles. The zero-order chi connectivity index (χ0) is 27.3. The van der Waals surface area contributed by atoms with Crippen LogP contribution in [0, 0.1) is 11.6 Å². The molecule has 0 aromatic heterocycles. The number of carbonyl (C=O) groups excluding carboxylic acids is 2. The van der Waals surface area contributed by atoms with Crippen LogP contribution in [-0.2, 0) is 25.5 Å². The first-order chi connectivity index (χ1) is 18.3. The fraction of sp³-hybridized carbons (Fsp3) is 0.379. The Morgan fingerprint density at radius 1 is 1.08 bits per heavy atom. The number of hydrogen-bond donors (Lipinski definition) is 2. The molecule has 2 aliphatic heterocycles. The van der Waals surface area contributed by atoms with Crippen molar-refractivity contribution in [3.05, 3.63) is 89.0 Å². The second-order valence-electron chi connectivity index (χ2n) is 9.24. The number of para-hydroxylation sites is 1. The smallest absolute Gasteiger partial charge is 0.337 e. The molecule has 2 heterocycles. The number of methoxy groups -OCH3 is 1. The molecule has 0 aliphatic carbocycles. The first-order valence-electron chi connectivity index (χ1n) is 12.8. The van der Waals surface area contributed by atoms with Crippen molar-refractivity contribution in [3.63, 3.8) is 0 Å². The molecule has 202 valence electrons. The van der Waals surface area contributed by atoms with Gasteiger partial charge in [0.1, 0.15) is 29.0 Å². The zero-order valence-electron chi connectivity index (χ0n) is 21.8. The number of esters is 1. The summed E-state index contributed by atoms with van der Waals surface area (Å²) in [5.74, 6) is -2.74. The molecule has 2 N–H and O–H groups in total. The molecule has 0 fully saturated rings. The Balaban J connectivity index is 1.73. The minimum atomic E-state index is -1.49. The average Bonchev–Trinajstić information content (AvgIpc) is 3.51. The van der Waals surface area contributed by atoms with Gasteiger partial charge in [-0.1, -0.05) is 56.3 Å². The van der Waals surface area contributed by atoms with Crippen LogP contribution in [0.5, 0.6) is 0 Å². The Morgan fingerprint density at radius 2 is 1.76 bits per heavy atom. The van der Waals surface area contributed by atoms with E-state index >= 15 is 0 Å². The van der Waals surface area contributed by atoms with Crippen molar-refractivity contribution in [2.45, 2.75) is 38.0 Å². The Bertz CT molecular complexity index is 1210. The highest BCUT2D eigenvalue weighted by Crippen LogP contribution is 2.47. The quantitative estimate of drug-likeness (QED) is 0.326. The second-order valence-corrected chi connectivity index (χ2v) is 9.24. The third-order valence-electron chi connectivity index (χ3n) is 7.11. The molecule has 9 heteroatoms. The first-order valence-corrected chi connectivity index (χ1v) is 12.8. The van der Waals surface area contributed by atoms with Crippen molar-refractivity contribution >= 4 is 17.6 Å². The van der Waals surface area contributed by atoms with E-state index in [2.05, 4.69) is 15.5 Å². The molecule has 7 nitrogen and oxygen atoms in total. The van der Waals surface area contributed by atoms with E-state index < -0.39 is 41.3 Å². The van der Waals surface area contributed by atoms with Crippen LogP contribution >= 0.6 is 0 Å². The summed E-state index contributed by atoms with van der Waals surface area (Å²) in [6.07, 6.45) is 2.81. The number of likely N-dealkylation sites (N-methyl/N-ethyl adjacent to an activating group) is 1. The number of carbonyl (C=O) groups is 2. The van der Waals surface area contributed by atoms with Gasteiger partial charge in [-0.05, 0) is 43.3 Å². The van der Waals surface area contributed by atoms with Gasteiger partial charge in [-0.15, -0.1) is 0 Å². The summed E-state index contributed by atoms with van der Waals surface area (Å²) in [6.45, 7) is 6.81. The summed E-state index contributed by atoms with van der Waals surface area (Å²) >= 11 is 0. The molecule has 4 rings (SSSR count). The normalized spacial score (nSPS) is 20.6. The predicted octanol–water partition coefficient (Wildman–Crippen LogP) is 3.62. The maximum absolute atomic E-state index is 14.7. The van der Waals surface area contributed by atoms with Gasteiger partial charge in [-0.2, -0.15) is 0 Å². The lowest BCUT2D eigenvalue weighted by molar-refractivity contribution is -0.138. The topological polar surface area (TPSA) is 79.9 Å². The van der Waals surface area contributed by atoms with Crippen LogP contribution in [0.2, 0.25) is 0 Å². The minimum Gasteiger partial charge on any atom is -0.466 e. The predicted molar refractivity (Wildman–Crippen MR) is 140 cm³/mol. The van der Waals surface area contributed by atoms with Crippen LogP contribution in [-0.4, -0.2) is 67.8 Å². The van der Waals surface area contributed by atoms with Gasteiger partial charge in [-0.3, -0.25) is 4.79 Å². The zero-order valence-corrected chi connectivity index (χ0v) is 21.8. The molecule has 0 saturated heterocycles. The summed E-state index contributed by atoms with van der Waals surface area (Å²) in [5, 5.41) is 5.85. The lowest BCUT2D eigenvalue weighted by atomic mass is 9.78. The van der Waals surface area contributed by atoms with E-state index in [0.717, 1.165) is 30.8 Å². The lowest BCUT2D eigenvalue weighted by Gasteiger charge is -2.36. The van der Waals surface area contributed by atoms with E-state index in [9.17, 15) is 18.4 Å². The lowest BCUT2D eigenvalue weighted by Crippen LogP contribution is -2.50. The molecule has 0 radical (unpaired) electrons. The van der Waals surface area contributed by atoms with Gasteiger partial charge in [0.25, 0.3) is 5.91 Å². The molecule has 0 spiro atoms. The highest BCUT2D eigenvalue weighted by molar-refractivity contribution is 6.07. The maximum Gasteiger partial charge on any atom is 0.337 e. The monoisotopic (exact) mass is 525 g/mol. The Labute approximate surface area is 221 Å². The van der Waals surface area contributed by atoms with E-state index in [4.69, 9.17) is 9.47 Å². The van der Waals surface area contributed by atoms with Gasteiger partial charge in [0, 0.05) is 13.1 Å². The number of hydrogen-bond acceptors (Lipinski definition) is 6. The van der Waals surface area contributed by atoms with Gasteiger partial charge >= 0.3 is 5.97 Å². The summed E-state index contributed by atoms with van der Waals surface area (Å²) < 4.78 is 40.9. The first kappa shape index (κ1) is 27.5. The van der Waals surface area contributed by atoms with Gasteiger partial charge in [0.15, 0.2) is 0 Å². The number of fused-ring (bicyclic) bond motifs is 2. The molecular formula is C29H33F2N3O4. The Morgan fingerprint density at radius 3 is 2.39 bits per heavy atom. The van der Waals surface area contributed by atoms with Crippen LogP contribution in [0.3, 0.4) is 0 Å². The second kappa shape index (κ2) is 11.9. The third kappa shape index (κ3) is 5.35. The van der Waals surface area contributed by atoms with Crippen molar-refractivity contribution < 1.29 is 27.8 Å². The van der Waals surface area contributed by atoms with Gasteiger partial charge in [0.05, 0.1) is 24.3 Å². The molecule has 3 unspecified atom stereocenters. The summed E-state index contributed by atoms with van der Waals surface area (Å²) in [6, 6.07) is 12.0. The number of rotatable bonds is 12. The summed E-state index contributed by atoms with van der Waals surface area (Å²) in [4.78, 5) is 28.7. The third-order valence-corrected chi connectivity index (χ3v) is 7.11. The van der Waals surface area contributed by atoms with Crippen molar-refractivity contribution in [1.82, 2.24) is 10.2 Å². The number of ether oxygens (including phenoxy) is 2. The average molecular weight is 526 g/mol. The number of nitrogens with zero attached hydrogens (tertiary/aromatic N) is 1. The van der Waals surface area contributed by atoms with Crippen LogP contribution in [0.4, 0.5) is 14.5 Å². The molecule has 2 aromatic carbocycles. The van der Waals surface area contributed by atoms with Crippen LogP contribution < -0.4 is 10.6 Å². The molecule has 2 aromatic rings. The van der Waals surface area contributed by atoms with Crippen molar-refractivity contribution in [1.29, 1.82) is 0 Å². The van der Waals surface area contributed by atoms with Crippen molar-refractivity contribution in [2.75, 3.05) is 38.6 Å². The van der Waals surface area contributed by atoms with E-state index in [1.54, 1.807) is 12.2 Å². The SMILES string of the molecule is CCN(CC)CCNC(=O)C1=C(C(=O)OC)C2(C(Cc3ccccc3)Nc3c(F)cccc3F)C=CC1O2. The number of benzene rings is 2.